The molecule has 9 heteroatoms. The molecule has 1 fully saturated rings. The van der Waals surface area contributed by atoms with Gasteiger partial charge in [0.15, 0.2) is 0 Å². The van der Waals surface area contributed by atoms with Gasteiger partial charge in [0.25, 0.3) is 5.91 Å². The largest absolute Gasteiger partial charge is 0.468 e. The summed E-state index contributed by atoms with van der Waals surface area (Å²) in [6, 6.07) is 15.2. The summed E-state index contributed by atoms with van der Waals surface area (Å²) in [5, 5.41) is 2.82. The predicted molar refractivity (Wildman–Crippen MR) is 132 cm³/mol. The van der Waals surface area contributed by atoms with Gasteiger partial charge in [-0.1, -0.05) is 23.3 Å². The Kier molecular flexibility index (Phi) is 7.37. The molecule has 0 spiro atoms. The molecule has 1 aromatic heterocycles. The molecule has 8 nitrogen and oxygen atoms in total. The van der Waals surface area contributed by atoms with Crippen LogP contribution in [0.5, 0.6) is 0 Å². The maximum Gasteiger partial charge on any atom is 0.253 e. The van der Waals surface area contributed by atoms with E-state index in [0.29, 0.717) is 36.5 Å². The van der Waals surface area contributed by atoms with E-state index in [-0.39, 0.29) is 29.2 Å². The van der Waals surface area contributed by atoms with E-state index in [4.69, 9.17) is 4.42 Å². The van der Waals surface area contributed by atoms with Crippen LogP contribution in [0.4, 0.5) is 5.69 Å². The molecule has 4 rings (SSSR count). The van der Waals surface area contributed by atoms with Crippen LogP contribution in [0.1, 0.15) is 40.1 Å². The van der Waals surface area contributed by atoms with Gasteiger partial charge >= 0.3 is 0 Å². The van der Waals surface area contributed by atoms with Gasteiger partial charge in [0.1, 0.15) is 5.76 Å². The first-order valence-corrected chi connectivity index (χ1v) is 13.0. The minimum absolute atomic E-state index is 0.0261. The van der Waals surface area contributed by atoms with Crippen LogP contribution >= 0.6 is 0 Å². The average molecular weight is 496 g/mol. The molecule has 1 atom stereocenters. The number of amides is 2. The molecule has 0 saturated carbocycles. The van der Waals surface area contributed by atoms with Crippen molar-refractivity contribution < 1.29 is 22.4 Å². The van der Waals surface area contributed by atoms with Crippen LogP contribution in [0, 0.1) is 19.8 Å². The number of nitrogens with one attached hydrogen (secondary N) is 2. The number of carbonyl (C=O) groups is 2. The molecule has 2 N–H and O–H groups in total. The van der Waals surface area contributed by atoms with Crippen molar-refractivity contribution in [3.8, 4) is 0 Å². The molecule has 1 aliphatic rings. The number of rotatable bonds is 7. The first-order chi connectivity index (χ1) is 16.7. The van der Waals surface area contributed by atoms with Gasteiger partial charge in [0.05, 0.1) is 23.6 Å². The Hall–Kier alpha value is -3.43. The Morgan fingerprint density at radius 3 is 2.54 bits per heavy atom. The Bertz CT molecular complexity index is 1300. The predicted octanol–water partition coefficient (Wildman–Crippen LogP) is 3.87. The maximum atomic E-state index is 13.0. The fraction of sp³-hybridized carbons (Fsp3) is 0.308. The second kappa shape index (κ2) is 10.5. The zero-order chi connectivity index (χ0) is 25.0. The Balaban J connectivity index is 1.40. The van der Waals surface area contributed by atoms with E-state index in [1.807, 2.05) is 32.0 Å². The molecule has 3 aromatic rings. The minimum Gasteiger partial charge on any atom is -0.468 e. The minimum atomic E-state index is -3.79. The van der Waals surface area contributed by atoms with Crippen molar-refractivity contribution in [1.29, 1.82) is 0 Å². The number of anilines is 1. The highest BCUT2D eigenvalue weighted by Crippen LogP contribution is 2.23. The fourth-order valence-electron chi connectivity index (χ4n) is 4.30. The SMILES string of the molecule is Cc1cc(C)cc(C(=O)N2CCCC(C(=O)Nc3cccc(S(=O)(=O)NCc4ccco4)c3)C2)c1. The number of aryl methyl sites for hydroxylation is 2. The highest BCUT2D eigenvalue weighted by atomic mass is 32.2. The quantitative estimate of drug-likeness (QED) is 0.517. The van der Waals surface area contributed by atoms with Crippen molar-refractivity contribution in [3.05, 3.63) is 83.3 Å². The molecule has 2 amide bonds. The zero-order valence-electron chi connectivity index (χ0n) is 19.8. The number of hydrogen-bond acceptors (Lipinski definition) is 5. The summed E-state index contributed by atoms with van der Waals surface area (Å²) in [6.07, 6.45) is 2.85. The third kappa shape index (κ3) is 6.17. The molecule has 35 heavy (non-hydrogen) atoms. The molecule has 184 valence electrons. The molecule has 1 unspecified atom stereocenters. The molecule has 0 aliphatic carbocycles. The van der Waals surface area contributed by atoms with Crippen LogP contribution in [0.25, 0.3) is 0 Å². The van der Waals surface area contributed by atoms with E-state index < -0.39 is 10.0 Å². The number of nitrogens with zero attached hydrogens (tertiary/aromatic N) is 1. The van der Waals surface area contributed by atoms with Crippen molar-refractivity contribution >= 4 is 27.5 Å². The summed E-state index contributed by atoms with van der Waals surface area (Å²) in [5.41, 5.74) is 3.05. The average Bonchev–Trinajstić information content (AvgIpc) is 3.36. The third-order valence-electron chi connectivity index (χ3n) is 5.98. The van der Waals surface area contributed by atoms with E-state index in [1.165, 1.54) is 18.4 Å². The molecule has 1 saturated heterocycles. The zero-order valence-corrected chi connectivity index (χ0v) is 20.6. The van der Waals surface area contributed by atoms with Crippen molar-refractivity contribution in [2.24, 2.45) is 5.92 Å². The normalized spacial score (nSPS) is 16.2. The van der Waals surface area contributed by atoms with E-state index >= 15 is 0 Å². The summed E-state index contributed by atoms with van der Waals surface area (Å²) in [7, 11) is -3.79. The summed E-state index contributed by atoms with van der Waals surface area (Å²) >= 11 is 0. The smallest absolute Gasteiger partial charge is 0.253 e. The van der Waals surface area contributed by atoms with Crippen LogP contribution in [0.15, 0.2) is 70.2 Å². The van der Waals surface area contributed by atoms with Gasteiger partial charge in [-0.15, -0.1) is 0 Å². The van der Waals surface area contributed by atoms with Crippen LogP contribution in [-0.4, -0.2) is 38.2 Å². The van der Waals surface area contributed by atoms with Gasteiger partial charge in [-0.25, -0.2) is 13.1 Å². The highest BCUT2D eigenvalue weighted by molar-refractivity contribution is 7.89. The molecule has 2 heterocycles. The van der Waals surface area contributed by atoms with Crippen LogP contribution in [0.3, 0.4) is 0 Å². The molecular weight excluding hydrogens is 466 g/mol. The van der Waals surface area contributed by atoms with Gasteiger partial charge in [-0.3, -0.25) is 9.59 Å². The van der Waals surface area contributed by atoms with Gasteiger partial charge in [-0.05, 0) is 69.2 Å². The van der Waals surface area contributed by atoms with Crippen molar-refractivity contribution in [1.82, 2.24) is 9.62 Å². The molecule has 0 radical (unpaired) electrons. The first kappa shape index (κ1) is 24.7. The van der Waals surface area contributed by atoms with Gasteiger partial charge in [0.2, 0.25) is 15.9 Å². The molecular formula is C26H29N3O5S. The first-order valence-electron chi connectivity index (χ1n) is 11.5. The van der Waals surface area contributed by atoms with Gasteiger partial charge < -0.3 is 14.6 Å². The van der Waals surface area contributed by atoms with E-state index in [1.54, 1.807) is 29.2 Å². The van der Waals surface area contributed by atoms with Crippen LogP contribution in [0.2, 0.25) is 0 Å². The van der Waals surface area contributed by atoms with Gasteiger partial charge in [0, 0.05) is 24.3 Å². The standard InChI is InChI=1S/C26H29N3O5S/c1-18-12-19(2)14-21(13-18)26(31)29-10-4-6-20(17-29)25(30)28-22-7-3-9-24(15-22)35(32,33)27-16-23-8-5-11-34-23/h3,5,7-9,11-15,20,27H,4,6,10,16-17H2,1-2H3,(H,28,30). The molecule has 2 aromatic carbocycles. The van der Waals surface area contributed by atoms with Crippen LogP contribution in [-0.2, 0) is 21.4 Å². The monoisotopic (exact) mass is 495 g/mol. The van der Waals surface area contributed by atoms with Gasteiger partial charge in [-0.2, -0.15) is 0 Å². The van der Waals surface area contributed by atoms with Crippen molar-refractivity contribution in [3.63, 3.8) is 0 Å². The lowest BCUT2D eigenvalue weighted by atomic mass is 9.96. The number of likely N-dealkylation sites (tertiary alicyclic amines) is 1. The number of benzene rings is 2. The third-order valence-corrected chi connectivity index (χ3v) is 7.38. The highest BCUT2D eigenvalue weighted by Gasteiger charge is 2.29. The van der Waals surface area contributed by atoms with Crippen molar-refractivity contribution in [2.75, 3.05) is 18.4 Å². The molecule has 0 bridgehead atoms. The van der Waals surface area contributed by atoms with E-state index in [2.05, 4.69) is 10.0 Å². The lowest BCUT2D eigenvalue weighted by molar-refractivity contribution is -0.121. The Morgan fingerprint density at radius 2 is 1.83 bits per heavy atom. The topological polar surface area (TPSA) is 109 Å². The second-order valence-electron chi connectivity index (χ2n) is 8.89. The van der Waals surface area contributed by atoms with Crippen LogP contribution < -0.4 is 10.0 Å². The summed E-state index contributed by atoms with van der Waals surface area (Å²) in [4.78, 5) is 27.8. The number of hydrogen-bond donors (Lipinski definition) is 2. The maximum absolute atomic E-state index is 13.0. The second-order valence-corrected chi connectivity index (χ2v) is 10.7. The lowest BCUT2D eigenvalue weighted by Crippen LogP contribution is -2.43. The number of piperidine rings is 1. The molecule has 1 aliphatic heterocycles. The Morgan fingerprint density at radius 1 is 1.06 bits per heavy atom. The van der Waals surface area contributed by atoms with Crippen molar-refractivity contribution in [2.45, 2.75) is 38.1 Å². The Labute approximate surface area is 205 Å². The number of furan rings is 1. The fourth-order valence-corrected chi connectivity index (χ4v) is 5.34. The summed E-state index contributed by atoms with van der Waals surface area (Å²) in [6.45, 7) is 4.86. The number of sulfonamides is 1. The lowest BCUT2D eigenvalue weighted by Gasteiger charge is -2.32. The van der Waals surface area contributed by atoms with E-state index in [9.17, 15) is 18.0 Å². The number of carbonyl (C=O) groups excluding carboxylic acids is 2. The summed E-state index contributed by atoms with van der Waals surface area (Å²) in [5.74, 6) is -0.197. The summed E-state index contributed by atoms with van der Waals surface area (Å²) < 4.78 is 33.0. The van der Waals surface area contributed by atoms with E-state index in [0.717, 1.165) is 17.5 Å².